The summed E-state index contributed by atoms with van der Waals surface area (Å²) in [7, 11) is 0. The lowest BCUT2D eigenvalue weighted by Crippen LogP contribution is -2.37. The fourth-order valence-corrected chi connectivity index (χ4v) is 2.38. The molecule has 1 heterocycles. The highest BCUT2D eigenvalue weighted by Gasteiger charge is 2.19. The van der Waals surface area contributed by atoms with Crippen LogP contribution < -0.4 is 0 Å². The van der Waals surface area contributed by atoms with Crippen molar-refractivity contribution in [1.29, 1.82) is 0 Å². The summed E-state index contributed by atoms with van der Waals surface area (Å²) in [5.41, 5.74) is 2.88. The van der Waals surface area contributed by atoms with Crippen LogP contribution in [-0.4, -0.2) is 17.5 Å². The molecule has 1 aliphatic heterocycles. The summed E-state index contributed by atoms with van der Waals surface area (Å²) in [6, 6.07) is 6.97. The predicted molar refractivity (Wildman–Crippen MR) is 65.3 cm³/mol. The fraction of sp³-hybridized carbons (Fsp3) is 0.538. The van der Waals surface area contributed by atoms with Gasteiger partial charge in [0, 0.05) is 24.2 Å². The van der Waals surface area contributed by atoms with Gasteiger partial charge in [0.15, 0.2) is 0 Å². The molecule has 0 saturated heterocycles. The third-order valence-electron chi connectivity index (χ3n) is 3.42. The van der Waals surface area contributed by atoms with Gasteiger partial charge in [-0.25, -0.2) is 0 Å². The van der Waals surface area contributed by atoms with Gasteiger partial charge >= 0.3 is 0 Å². The molecule has 1 nitrogen and oxygen atoms in total. The molecule has 0 N–H and O–H groups in total. The van der Waals surface area contributed by atoms with Crippen molar-refractivity contribution in [2.24, 2.45) is 0 Å². The number of halogens is 1. The maximum atomic E-state index is 6.02. The third-order valence-corrected chi connectivity index (χ3v) is 3.66. The first-order valence-electron chi connectivity index (χ1n) is 5.72. The first-order valence-corrected chi connectivity index (χ1v) is 6.10. The van der Waals surface area contributed by atoms with Gasteiger partial charge in [0.05, 0.1) is 0 Å². The molecule has 0 aromatic heterocycles. The Morgan fingerprint density at radius 3 is 2.93 bits per heavy atom. The summed E-state index contributed by atoms with van der Waals surface area (Å²) in [5, 5.41) is 0.861. The molecular weight excluding hydrogens is 206 g/mol. The number of rotatable bonds is 2. The normalized spacial score (nSPS) is 18.6. The highest BCUT2D eigenvalue weighted by Crippen LogP contribution is 2.24. The van der Waals surface area contributed by atoms with Gasteiger partial charge in [0.1, 0.15) is 0 Å². The molecule has 0 saturated carbocycles. The highest BCUT2D eigenvalue weighted by atomic mass is 35.5. The van der Waals surface area contributed by atoms with Crippen LogP contribution in [0.5, 0.6) is 0 Å². The van der Waals surface area contributed by atoms with Crippen LogP contribution in [0.25, 0.3) is 0 Å². The smallest absolute Gasteiger partial charge is 0.0409 e. The van der Waals surface area contributed by atoms with Crippen LogP contribution in [0.2, 0.25) is 5.02 Å². The molecule has 0 aliphatic carbocycles. The minimum Gasteiger partial charge on any atom is -0.296 e. The van der Waals surface area contributed by atoms with E-state index in [2.05, 4.69) is 30.9 Å². The van der Waals surface area contributed by atoms with Crippen LogP contribution in [0, 0.1) is 0 Å². The van der Waals surface area contributed by atoms with E-state index in [0.29, 0.717) is 6.04 Å². The van der Waals surface area contributed by atoms with Gasteiger partial charge in [-0.3, -0.25) is 4.90 Å². The quantitative estimate of drug-likeness (QED) is 0.742. The molecule has 0 amide bonds. The van der Waals surface area contributed by atoms with Gasteiger partial charge in [0.25, 0.3) is 0 Å². The maximum Gasteiger partial charge on any atom is 0.0409 e. The summed E-state index contributed by atoms with van der Waals surface area (Å²) in [6.45, 7) is 6.79. The van der Waals surface area contributed by atoms with E-state index in [1.54, 1.807) is 0 Å². The van der Waals surface area contributed by atoms with Crippen molar-refractivity contribution in [3.05, 3.63) is 34.3 Å². The van der Waals surface area contributed by atoms with Gasteiger partial charge in [-0.2, -0.15) is 0 Å². The predicted octanol–water partition coefficient (Wildman–Crippen LogP) is 3.50. The number of nitrogens with zero attached hydrogens (tertiary/aromatic N) is 1. The largest absolute Gasteiger partial charge is 0.296 e. The number of benzene rings is 1. The summed E-state index contributed by atoms with van der Waals surface area (Å²) in [6.07, 6.45) is 2.38. The van der Waals surface area contributed by atoms with Gasteiger partial charge in [-0.1, -0.05) is 24.6 Å². The van der Waals surface area contributed by atoms with Crippen LogP contribution in [-0.2, 0) is 13.0 Å². The van der Waals surface area contributed by atoms with Crippen molar-refractivity contribution in [2.45, 2.75) is 39.3 Å². The Morgan fingerprint density at radius 1 is 1.40 bits per heavy atom. The lowest BCUT2D eigenvalue weighted by Gasteiger charge is -2.33. The zero-order valence-corrected chi connectivity index (χ0v) is 10.2. The van der Waals surface area contributed by atoms with Crippen LogP contribution in [0.15, 0.2) is 18.2 Å². The number of hydrogen-bond acceptors (Lipinski definition) is 1. The molecule has 2 rings (SSSR count). The lowest BCUT2D eigenvalue weighted by molar-refractivity contribution is 0.186. The zero-order chi connectivity index (χ0) is 10.8. The van der Waals surface area contributed by atoms with Crippen molar-refractivity contribution >= 4 is 11.6 Å². The van der Waals surface area contributed by atoms with Crippen molar-refractivity contribution < 1.29 is 0 Å². The summed E-state index contributed by atoms with van der Waals surface area (Å²) in [5.74, 6) is 0. The molecule has 0 spiro atoms. The average Bonchev–Trinajstić information content (AvgIpc) is 2.27. The summed E-state index contributed by atoms with van der Waals surface area (Å²) >= 11 is 6.02. The lowest BCUT2D eigenvalue weighted by atomic mass is 9.98. The standard InChI is InChI=1S/C13H18ClN/c1-3-10(2)15-7-6-11-4-5-13(14)8-12(11)9-15/h4-5,8,10H,3,6-7,9H2,1-2H3/t10-/m1/s1. The first kappa shape index (κ1) is 11.0. The molecule has 0 bridgehead atoms. The minimum atomic E-state index is 0.678. The highest BCUT2D eigenvalue weighted by molar-refractivity contribution is 6.30. The summed E-state index contributed by atoms with van der Waals surface area (Å²) in [4.78, 5) is 2.54. The Balaban J connectivity index is 2.18. The molecule has 1 aliphatic rings. The van der Waals surface area contributed by atoms with Crippen molar-refractivity contribution in [1.82, 2.24) is 4.90 Å². The molecule has 2 heteroatoms. The third kappa shape index (κ3) is 2.35. The second-order valence-electron chi connectivity index (χ2n) is 4.39. The monoisotopic (exact) mass is 223 g/mol. The van der Waals surface area contributed by atoms with Gasteiger partial charge in [0.2, 0.25) is 0 Å². The molecule has 0 unspecified atom stereocenters. The van der Waals surface area contributed by atoms with Crippen LogP contribution in [0.3, 0.4) is 0 Å². The molecule has 1 aromatic carbocycles. The molecule has 1 atom stereocenters. The van der Waals surface area contributed by atoms with Gasteiger partial charge < -0.3 is 0 Å². The molecule has 15 heavy (non-hydrogen) atoms. The summed E-state index contributed by atoms with van der Waals surface area (Å²) < 4.78 is 0. The zero-order valence-electron chi connectivity index (χ0n) is 9.46. The van der Waals surface area contributed by atoms with E-state index in [-0.39, 0.29) is 0 Å². The average molecular weight is 224 g/mol. The SMILES string of the molecule is CC[C@@H](C)N1CCc2ccc(Cl)cc2C1. The molecular formula is C13H18ClN. The number of hydrogen-bond donors (Lipinski definition) is 0. The fourth-order valence-electron chi connectivity index (χ4n) is 2.18. The molecule has 82 valence electrons. The van der Waals surface area contributed by atoms with E-state index in [0.717, 1.165) is 18.0 Å². The van der Waals surface area contributed by atoms with E-state index < -0.39 is 0 Å². The Kier molecular flexibility index (Phi) is 3.32. The Bertz CT molecular complexity index is 348. The van der Waals surface area contributed by atoms with Crippen molar-refractivity contribution in [3.8, 4) is 0 Å². The van der Waals surface area contributed by atoms with Gasteiger partial charge in [-0.05, 0) is 43.0 Å². The Labute approximate surface area is 97.0 Å². The van der Waals surface area contributed by atoms with Crippen molar-refractivity contribution in [3.63, 3.8) is 0 Å². The Hall–Kier alpha value is -0.530. The van der Waals surface area contributed by atoms with E-state index >= 15 is 0 Å². The van der Waals surface area contributed by atoms with E-state index in [1.807, 2.05) is 6.07 Å². The molecule has 0 radical (unpaired) electrons. The van der Waals surface area contributed by atoms with E-state index in [4.69, 9.17) is 11.6 Å². The molecule has 0 fully saturated rings. The number of fused-ring (bicyclic) bond motifs is 1. The van der Waals surface area contributed by atoms with Crippen LogP contribution in [0.1, 0.15) is 31.4 Å². The van der Waals surface area contributed by atoms with Crippen LogP contribution in [0.4, 0.5) is 0 Å². The minimum absolute atomic E-state index is 0.678. The first-order chi connectivity index (χ1) is 7.20. The second-order valence-corrected chi connectivity index (χ2v) is 4.83. The second kappa shape index (κ2) is 4.54. The van der Waals surface area contributed by atoms with E-state index in [9.17, 15) is 0 Å². The Morgan fingerprint density at radius 2 is 2.20 bits per heavy atom. The maximum absolute atomic E-state index is 6.02. The topological polar surface area (TPSA) is 3.24 Å². The van der Waals surface area contributed by atoms with Crippen molar-refractivity contribution in [2.75, 3.05) is 6.54 Å². The molecule has 1 aromatic rings. The van der Waals surface area contributed by atoms with E-state index in [1.165, 1.54) is 24.1 Å². The van der Waals surface area contributed by atoms with Gasteiger partial charge in [-0.15, -0.1) is 0 Å². The van der Waals surface area contributed by atoms with Crippen LogP contribution >= 0.6 is 11.6 Å².